The van der Waals surface area contributed by atoms with Crippen LogP contribution in [0.25, 0.3) is 0 Å². The van der Waals surface area contributed by atoms with Gasteiger partial charge in [-0.05, 0) is 55.7 Å². The van der Waals surface area contributed by atoms with Crippen LogP contribution in [0.4, 0.5) is 16.0 Å². The smallest absolute Gasteiger partial charge is 0.274 e. The molecule has 2 atom stereocenters. The third kappa shape index (κ3) is 4.98. The Morgan fingerprint density at radius 2 is 1.89 bits per heavy atom. The Hall–Kier alpha value is -2.75. The van der Waals surface area contributed by atoms with Gasteiger partial charge in [-0.25, -0.2) is 19.3 Å². The summed E-state index contributed by atoms with van der Waals surface area (Å²) in [5.74, 6) is 0.381. The molecule has 0 aliphatic heterocycles. The summed E-state index contributed by atoms with van der Waals surface area (Å²) in [7, 11) is 1.78. The largest absolute Gasteiger partial charge is 0.388 e. The first-order chi connectivity index (χ1) is 16.7. The summed E-state index contributed by atoms with van der Waals surface area (Å²) in [6.07, 6.45) is 7.70. The minimum Gasteiger partial charge on any atom is -0.388 e. The second-order valence-electron chi connectivity index (χ2n) is 9.57. The molecule has 1 amide bonds. The number of aliphatic hydroxyl groups is 1. The summed E-state index contributed by atoms with van der Waals surface area (Å²) >= 11 is 11.7. The van der Waals surface area contributed by atoms with Crippen molar-refractivity contribution < 1.29 is 14.3 Å². The van der Waals surface area contributed by atoms with Crippen molar-refractivity contribution in [3.8, 4) is 0 Å². The van der Waals surface area contributed by atoms with Crippen LogP contribution in [0.1, 0.15) is 47.8 Å². The zero-order chi connectivity index (χ0) is 24.7. The second-order valence-corrected chi connectivity index (χ2v) is 10.4. The zero-order valence-electron chi connectivity index (χ0n) is 19.0. The summed E-state index contributed by atoms with van der Waals surface area (Å²) in [6, 6.07) is 4.07. The number of anilines is 2. The molecule has 11 heteroatoms. The van der Waals surface area contributed by atoms with Gasteiger partial charge in [-0.15, -0.1) is 0 Å². The van der Waals surface area contributed by atoms with Crippen LogP contribution in [0.2, 0.25) is 10.0 Å². The van der Waals surface area contributed by atoms with E-state index in [2.05, 4.69) is 25.6 Å². The van der Waals surface area contributed by atoms with Gasteiger partial charge in [-0.1, -0.05) is 23.2 Å². The summed E-state index contributed by atoms with van der Waals surface area (Å²) in [5, 5.41) is 17.5. The molecule has 8 nitrogen and oxygen atoms in total. The van der Waals surface area contributed by atoms with Crippen LogP contribution in [0.5, 0.6) is 0 Å². The zero-order valence-corrected chi connectivity index (χ0v) is 20.5. The van der Waals surface area contributed by atoms with E-state index in [1.807, 2.05) is 0 Å². The minimum absolute atomic E-state index is 0.0544. The maximum absolute atomic E-state index is 13.5. The molecule has 3 N–H and O–H groups in total. The SMILES string of the molecule is Cn1cnc(C2CC3CC(O)(CNc4ncc(Cl)cn4)CC3C2)c1C(=O)Nc1ccc(F)c(Cl)c1. The first-order valence-electron chi connectivity index (χ1n) is 11.4. The molecule has 0 saturated heterocycles. The van der Waals surface area contributed by atoms with Crippen molar-refractivity contribution >= 4 is 40.7 Å². The number of nitrogens with zero attached hydrogens (tertiary/aromatic N) is 4. The number of hydrogen-bond donors (Lipinski definition) is 3. The Morgan fingerprint density at radius 1 is 1.20 bits per heavy atom. The summed E-state index contributed by atoms with van der Waals surface area (Å²) < 4.78 is 15.2. The van der Waals surface area contributed by atoms with Crippen molar-refractivity contribution in [2.75, 3.05) is 17.2 Å². The Bertz CT molecular complexity index is 1240. The molecule has 0 spiro atoms. The van der Waals surface area contributed by atoms with E-state index >= 15 is 0 Å². The predicted molar refractivity (Wildman–Crippen MR) is 131 cm³/mol. The number of carbonyl (C=O) groups excluding carboxylic acids is 1. The highest BCUT2D eigenvalue weighted by Crippen LogP contribution is 2.54. The quantitative estimate of drug-likeness (QED) is 0.438. The maximum Gasteiger partial charge on any atom is 0.274 e. The molecular weight excluding hydrogens is 494 g/mol. The van der Waals surface area contributed by atoms with Gasteiger partial charge in [-0.3, -0.25) is 4.79 Å². The van der Waals surface area contributed by atoms with Crippen LogP contribution in [-0.2, 0) is 7.05 Å². The molecule has 184 valence electrons. The van der Waals surface area contributed by atoms with Crippen LogP contribution in [0.15, 0.2) is 36.9 Å². The molecule has 1 aromatic carbocycles. The number of halogens is 3. The van der Waals surface area contributed by atoms with Crippen LogP contribution in [-0.4, -0.2) is 42.7 Å². The lowest BCUT2D eigenvalue weighted by molar-refractivity contribution is 0.0513. The maximum atomic E-state index is 13.5. The van der Waals surface area contributed by atoms with Gasteiger partial charge in [0.1, 0.15) is 11.5 Å². The number of amides is 1. The van der Waals surface area contributed by atoms with Gasteiger partial charge in [0, 0.05) is 25.2 Å². The van der Waals surface area contributed by atoms with Crippen LogP contribution in [0.3, 0.4) is 0 Å². The summed E-state index contributed by atoms with van der Waals surface area (Å²) in [6.45, 7) is 0.365. The van der Waals surface area contributed by atoms with Gasteiger partial charge in [0.15, 0.2) is 0 Å². The molecule has 35 heavy (non-hydrogen) atoms. The average molecular weight is 519 g/mol. The highest BCUT2D eigenvalue weighted by atomic mass is 35.5. The Labute approximate surface area is 211 Å². The van der Waals surface area contributed by atoms with E-state index in [-0.39, 0.29) is 16.8 Å². The average Bonchev–Trinajstić information content (AvgIpc) is 3.47. The normalized spacial score (nSPS) is 25.5. The third-order valence-electron chi connectivity index (χ3n) is 7.07. The van der Waals surface area contributed by atoms with E-state index in [1.165, 1.54) is 30.6 Å². The lowest BCUT2D eigenvalue weighted by Gasteiger charge is -2.25. The summed E-state index contributed by atoms with van der Waals surface area (Å²) in [4.78, 5) is 25.9. The molecule has 5 rings (SSSR count). The topological polar surface area (TPSA) is 105 Å². The van der Waals surface area contributed by atoms with Gasteiger partial charge in [-0.2, -0.15) is 0 Å². The first-order valence-corrected chi connectivity index (χ1v) is 12.2. The number of carbonyl (C=O) groups is 1. The molecule has 0 bridgehead atoms. The number of hydrogen-bond acceptors (Lipinski definition) is 6. The monoisotopic (exact) mass is 518 g/mol. The van der Waals surface area contributed by atoms with Gasteiger partial charge in [0.25, 0.3) is 5.91 Å². The number of imidazole rings is 1. The fourth-order valence-corrected chi connectivity index (χ4v) is 5.85. The molecule has 0 radical (unpaired) electrons. The van der Waals surface area contributed by atoms with Crippen molar-refractivity contribution in [2.45, 2.75) is 37.2 Å². The number of aryl methyl sites for hydroxylation is 1. The van der Waals surface area contributed by atoms with Crippen molar-refractivity contribution in [3.63, 3.8) is 0 Å². The van der Waals surface area contributed by atoms with E-state index in [0.717, 1.165) is 18.5 Å². The number of benzene rings is 1. The fourth-order valence-electron chi connectivity index (χ4n) is 5.57. The lowest BCUT2D eigenvalue weighted by Crippen LogP contribution is -2.35. The van der Waals surface area contributed by atoms with Crippen molar-refractivity contribution in [1.29, 1.82) is 0 Å². The Morgan fingerprint density at radius 3 is 2.54 bits per heavy atom. The standard InChI is InChI=1S/C24H25Cl2FN6O2/c1-33-12-31-20(21(33)22(34)32-17-2-3-19(27)18(26)6-17)13-4-14-7-24(35,8-15(14)5-13)11-30-23-28-9-16(25)10-29-23/h2-3,6,9-10,12-15,35H,4-5,7-8,11H2,1H3,(H,32,34)(H,28,29,30). The molecule has 3 aromatic rings. The van der Waals surface area contributed by atoms with Gasteiger partial charge >= 0.3 is 0 Å². The molecule has 2 unspecified atom stereocenters. The van der Waals surface area contributed by atoms with Crippen molar-refractivity contribution in [2.24, 2.45) is 18.9 Å². The Balaban J connectivity index is 1.24. The molecule has 2 aliphatic carbocycles. The molecule has 2 aromatic heterocycles. The highest BCUT2D eigenvalue weighted by Gasteiger charge is 2.49. The minimum atomic E-state index is -0.838. The fraction of sp³-hybridized carbons (Fsp3) is 0.417. The third-order valence-corrected chi connectivity index (χ3v) is 7.55. The van der Waals surface area contributed by atoms with Crippen molar-refractivity contribution in [3.05, 3.63) is 64.2 Å². The van der Waals surface area contributed by atoms with Gasteiger partial charge < -0.3 is 20.3 Å². The second kappa shape index (κ2) is 9.37. The van der Waals surface area contributed by atoms with E-state index in [9.17, 15) is 14.3 Å². The van der Waals surface area contributed by atoms with Crippen LogP contribution >= 0.6 is 23.2 Å². The molecule has 2 heterocycles. The van der Waals surface area contributed by atoms with E-state index in [0.29, 0.717) is 53.6 Å². The summed E-state index contributed by atoms with van der Waals surface area (Å²) in [5.41, 5.74) is 0.810. The number of fused-ring (bicyclic) bond motifs is 1. The van der Waals surface area contributed by atoms with E-state index in [4.69, 9.17) is 23.2 Å². The van der Waals surface area contributed by atoms with E-state index < -0.39 is 11.4 Å². The number of aromatic nitrogens is 4. The van der Waals surface area contributed by atoms with Crippen LogP contribution < -0.4 is 10.6 Å². The van der Waals surface area contributed by atoms with Gasteiger partial charge in [0.05, 0.1) is 40.1 Å². The molecular formula is C24H25Cl2FN6O2. The number of nitrogens with one attached hydrogen (secondary N) is 2. The number of rotatable bonds is 6. The van der Waals surface area contributed by atoms with Crippen molar-refractivity contribution in [1.82, 2.24) is 19.5 Å². The highest BCUT2D eigenvalue weighted by molar-refractivity contribution is 6.31. The predicted octanol–water partition coefficient (Wildman–Crippen LogP) is 4.66. The molecule has 2 aliphatic rings. The lowest BCUT2D eigenvalue weighted by atomic mass is 9.92. The molecule has 2 saturated carbocycles. The Kier molecular flexibility index (Phi) is 6.41. The first kappa shape index (κ1) is 24.0. The van der Waals surface area contributed by atoms with E-state index in [1.54, 1.807) is 17.9 Å². The molecule has 2 fully saturated rings. The van der Waals surface area contributed by atoms with Crippen LogP contribution in [0, 0.1) is 17.7 Å². The van der Waals surface area contributed by atoms with Gasteiger partial charge in [0.2, 0.25) is 5.95 Å².